The topological polar surface area (TPSA) is 101 Å². The van der Waals surface area contributed by atoms with Crippen molar-refractivity contribution < 1.29 is 19.4 Å². The molecular weight excluding hydrogens is 145 g/mol. The zero-order valence-electron chi connectivity index (χ0n) is 4.52. The molecule has 52 valence electrons. The van der Waals surface area contributed by atoms with Crippen LogP contribution in [0.2, 0.25) is 0 Å². The maximum absolute atomic E-state index is 9.99. The second-order valence-corrected chi connectivity index (χ2v) is 2.74. The average Bonchev–Trinajstić information content (AvgIpc) is 1.63. The number of rotatable bonds is 3. The number of carboxylic acid groups (broad SMARTS) is 1. The summed E-state index contributed by atoms with van der Waals surface area (Å²) in [6.07, 6.45) is -0.467. The van der Waals surface area contributed by atoms with E-state index >= 15 is 0 Å². The van der Waals surface area contributed by atoms with Gasteiger partial charge in [-0.1, -0.05) is 0 Å². The van der Waals surface area contributed by atoms with Gasteiger partial charge in [0.05, 0.1) is 0 Å². The van der Waals surface area contributed by atoms with Gasteiger partial charge in [-0.15, -0.1) is 0 Å². The van der Waals surface area contributed by atoms with Crippen LogP contribution in [0.5, 0.6) is 0 Å². The highest BCUT2D eigenvalue weighted by atomic mass is 31.1. The zero-order chi connectivity index (χ0) is 7.44. The highest BCUT2D eigenvalue weighted by Crippen LogP contribution is 2.19. The first kappa shape index (κ1) is 8.49. The molecule has 0 spiro atoms. The lowest BCUT2D eigenvalue weighted by atomic mass is 10.4. The maximum atomic E-state index is 9.99. The van der Waals surface area contributed by atoms with Crippen LogP contribution in [0.25, 0.3) is 0 Å². The number of carbonyl (C=O) groups is 1. The molecule has 4 N–H and O–H groups in total. The average molecular weight is 152 g/mol. The summed E-state index contributed by atoms with van der Waals surface area (Å²) in [4.78, 5) is 18.0. The molecule has 5 nitrogen and oxygen atoms in total. The van der Waals surface area contributed by atoms with E-state index in [1.807, 2.05) is 0 Å². The van der Waals surface area contributed by atoms with E-state index in [-0.39, 0.29) is 0 Å². The van der Waals surface area contributed by atoms with Crippen LogP contribution in [0.3, 0.4) is 0 Å². The first-order valence-electron chi connectivity index (χ1n) is 2.16. The Kier molecular flexibility index (Phi) is 3.30. The Morgan fingerprint density at radius 2 is 2.22 bits per heavy atom. The van der Waals surface area contributed by atoms with Crippen molar-refractivity contribution in [3.05, 3.63) is 0 Å². The molecular formula is C3H7NO4P+. The summed E-state index contributed by atoms with van der Waals surface area (Å²) in [5.41, 5.74) is 4.90. The van der Waals surface area contributed by atoms with Crippen molar-refractivity contribution in [3.63, 3.8) is 0 Å². The van der Waals surface area contributed by atoms with Gasteiger partial charge < -0.3 is 5.11 Å². The minimum atomic E-state index is -2.55. The SMILES string of the molecule is NC(CC(=O)O)[P+](=O)O. The molecule has 0 aliphatic rings. The number of nitrogens with two attached hydrogens (primary N) is 1. The van der Waals surface area contributed by atoms with Gasteiger partial charge in [0, 0.05) is 0 Å². The van der Waals surface area contributed by atoms with Gasteiger partial charge in [0.15, 0.2) is 0 Å². The Labute approximate surface area is 52.4 Å². The van der Waals surface area contributed by atoms with Gasteiger partial charge in [0.1, 0.15) is 6.42 Å². The fraction of sp³-hybridized carbons (Fsp3) is 0.667. The van der Waals surface area contributed by atoms with Crippen molar-refractivity contribution in [3.8, 4) is 0 Å². The molecule has 0 aliphatic heterocycles. The standard InChI is InChI=1S/C3H6NO4P/c4-2(9(7)8)1-3(5)6/h2H,1,4H2,(H-,5,6,7,8)/p+1. The maximum Gasteiger partial charge on any atom is 0.525 e. The fourth-order valence-electron chi connectivity index (χ4n) is 0.257. The first-order chi connectivity index (χ1) is 4.04. The molecule has 0 fully saturated rings. The van der Waals surface area contributed by atoms with E-state index in [0.29, 0.717) is 0 Å². The second kappa shape index (κ2) is 3.50. The van der Waals surface area contributed by atoms with E-state index in [2.05, 4.69) is 0 Å². The zero-order valence-corrected chi connectivity index (χ0v) is 5.41. The molecule has 0 rings (SSSR count). The smallest absolute Gasteiger partial charge is 0.481 e. The number of hydrogen-bond acceptors (Lipinski definition) is 3. The number of aliphatic carboxylic acids is 1. The van der Waals surface area contributed by atoms with Crippen molar-refractivity contribution >= 4 is 14.0 Å². The Balaban J connectivity index is 3.63. The molecule has 2 atom stereocenters. The predicted octanol–water partition coefficient (Wildman–Crippen LogP) is -0.519. The molecule has 0 heterocycles. The highest BCUT2D eigenvalue weighted by molar-refractivity contribution is 7.38. The molecule has 0 aliphatic carbocycles. The molecule has 2 unspecified atom stereocenters. The van der Waals surface area contributed by atoms with Crippen molar-refractivity contribution in [1.29, 1.82) is 0 Å². The monoisotopic (exact) mass is 152 g/mol. The lowest BCUT2D eigenvalue weighted by molar-refractivity contribution is -0.137. The minimum absolute atomic E-state index is 0.467. The lowest BCUT2D eigenvalue weighted by Crippen LogP contribution is -2.19. The van der Waals surface area contributed by atoms with E-state index in [0.717, 1.165) is 0 Å². The summed E-state index contributed by atoms with van der Waals surface area (Å²) in [6.45, 7) is 0. The lowest BCUT2D eigenvalue weighted by Gasteiger charge is -1.89. The Bertz CT molecular complexity index is 136. The van der Waals surface area contributed by atoms with Crippen LogP contribution in [-0.4, -0.2) is 21.8 Å². The largest absolute Gasteiger partial charge is 0.525 e. The van der Waals surface area contributed by atoms with Gasteiger partial charge in [0.25, 0.3) is 0 Å². The van der Waals surface area contributed by atoms with Crippen LogP contribution in [0, 0.1) is 0 Å². The van der Waals surface area contributed by atoms with E-state index in [4.69, 9.17) is 15.7 Å². The third-order valence-corrected chi connectivity index (χ3v) is 1.42. The Morgan fingerprint density at radius 3 is 2.33 bits per heavy atom. The molecule has 0 saturated carbocycles. The normalized spacial score (nSPS) is 14.7. The summed E-state index contributed by atoms with van der Waals surface area (Å²) in [6, 6.07) is 0. The van der Waals surface area contributed by atoms with E-state index in [9.17, 15) is 9.36 Å². The van der Waals surface area contributed by atoms with Gasteiger partial charge in [-0.2, -0.15) is 4.89 Å². The molecule has 6 heteroatoms. The Morgan fingerprint density at radius 1 is 1.78 bits per heavy atom. The molecule has 9 heavy (non-hydrogen) atoms. The van der Waals surface area contributed by atoms with Gasteiger partial charge in [-0.3, -0.25) is 10.5 Å². The predicted molar refractivity (Wildman–Crippen MR) is 30.1 cm³/mol. The summed E-state index contributed by atoms with van der Waals surface area (Å²) in [7, 11) is -2.55. The van der Waals surface area contributed by atoms with E-state index in [1.165, 1.54) is 0 Å². The van der Waals surface area contributed by atoms with Crippen LogP contribution in [0.1, 0.15) is 6.42 Å². The van der Waals surface area contributed by atoms with Gasteiger partial charge in [-0.05, 0) is 4.57 Å². The molecule has 0 aromatic heterocycles. The molecule has 0 bridgehead atoms. The van der Waals surface area contributed by atoms with Gasteiger partial charge in [-0.25, -0.2) is 0 Å². The molecule has 0 saturated heterocycles. The molecule has 0 aromatic carbocycles. The summed E-state index contributed by atoms with van der Waals surface area (Å²) in [5.74, 6) is -2.31. The number of carboxylic acids is 1. The van der Waals surface area contributed by atoms with Gasteiger partial charge >= 0.3 is 14.0 Å². The van der Waals surface area contributed by atoms with E-state index in [1.54, 1.807) is 0 Å². The summed E-state index contributed by atoms with van der Waals surface area (Å²) < 4.78 is 9.99. The molecule has 0 amide bonds. The third-order valence-electron chi connectivity index (χ3n) is 0.667. The van der Waals surface area contributed by atoms with Crippen LogP contribution in [-0.2, 0) is 9.36 Å². The Hall–Kier alpha value is -0.510. The molecule has 0 aromatic rings. The molecule has 0 radical (unpaired) electrons. The van der Waals surface area contributed by atoms with Gasteiger partial charge in [0.2, 0.25) is 5.78 Å². The summed E-state index contributed by atoms with van der Waals surface area (Å²) >= 11 is 0. The summed E-state index contributed by atoms with van der Waals surface area (Å²) in [5, 5.41) is 8.01. The minimum Gasteiger partial charge on any atom is -0.481 e. The van der Waals surface area contributed by atoms with Crippen LogP contribution in [0.15, 0.2) is 0 Å². The highest BCUT2D eigenvalue weighted by Gasteiger charge is 2.26. The van der Waals surface area contributed by atoms with Crippen molar-refractivity contribution in [2.75, 3.05) is 0 Å². The van der Waals surface area contributed by atoms with Crippen molar-refractivity contribution in [2.45, 2.75) is 12.2 Å². The third kappa shape index (κ3) is 4.02. The van der Waals surface area contributed by atoms with Crippen LogP contribution >= 0.6 is 8.03 Å². The first-order valence-corrected chi connectivity index (χ1v) is 3.45. The quantitative estimate of drug-likeness (QED) is 0.472. The fourth-order valence-corrected chi connectivity index (χ4v) is 0.569. The number of hydrogen-bond donors (Lipinski definition) is 3. The van der Waals surface area contributed by atoms with Crippen molar-refractivity contribution in [2.24, 2.45) is 5.73 Å². The van der Waals surface area contributed by atoms with Crippen LogP contribution < -0.4 is 5.73 Å². The second-order valence-electron chi connectivity index (χ2n) is 1.47. The van der Waals surface area contributed by atoms with Crippen LogP contribution in [0.4, 0.5) is 0 Å². The van der Waals surface area contributed by atoms with Crippen molar-refractivity contribution in [1.82, 2.24) is 0 Å². The van der Waals surface area contributed by atoms with E-state index < -0.39 is 26.2 Å².